The highest BCUT2D eigenvalue weighted by atomic mass is 35.5. The molecule has 1 amide bonds. The molecule has 12 heteroatoms. The van der Waals surface area contributed by atoms with Gasteiger partial charge in [-0.1, -0.05) is 41.9 Å². The molecular weight excluding hydrogens is 518 g/mol. The Morgan fingerprint density at radius 3 is 2.76 bits per heavy atom. The summed E-state index contributed by atoms with van der Waals surface area (Å²) in [7, 11) is 0. The van der Waals surface area contributed by atoms with Crippen LogP contribution < -0.4 is 10.1 Å². The first-order chi connectivity index (χ1) is 18.5. The molecule has 9 nitrogen and oxygen atoms in total. The number of fused-ring (bicyclic) bond motifs is 1. The van der Waals surface area contributed by atoms with E-state index in [1.54, 1.807) is 59.7 Å². The van der Waals surface area contributed by atoms with Gasteiger partial charge in [0.1, 0.15) is 23.1 Å². The van der Waals surface area contributed by atoms with Crippen LogP contribution in [0.2, 0.25) is 5.02 Å². The van der Waals surface area contributed by atoms with Crippen molar-refractivity contribution in [3.63, 3.8) is 0 Å². The van der Waals surface area contributed by atoms with Gasteiger partial charge in [0, 0.05) is 34.7 Å². The SMILES string of the molecule is O=C(Nc1cn(CC2CO2)nc1-c1cc(Cl)cc(-c2ccccc2)c1OC(F)F)c1cnn2cccnc12. The van der Waals surface area contributed by atoms with Gasteiger partial charge in [0.15, 0.2) is 5.65 Å². The zero-order valence-electron chi connectivity index (χ0n) is 19.6. The van der Waals surface area contributed by atoms with Crippen molar-refractivity contribution in [2.24, 2.45) is 0 Å². The molecule has 4 heterocycles. The number of carbonyl (C=O) groups is 1. The fourth-order valence-electron chi connectivity index (χ4n) is 4.18. The zero-order chi connectivity index (χ0) is 26.2. The largest absolute Gasteiger partial charge is 0.433 e. The quantitative estimate of drug-likeness (QED) is 0.275. The van der Waals surface area contributed by atoms with Crippen LogP contribution in [0.1, 0.15) is 10.4 Å². The van der Waals surface area contributed by atoms with Crippen molar-refractivity contribution in [3.8, 4) is 28.1 Å². The highest BCUT2D eigenvalue weighted by Gasteiger charge is 2.27. The van der Waals surface area contributed by atoms with Crippen LogP contribution in [-0.2, 0) is 11.3 Å². The van der Waals surface area contributed by atoms with Crippen molar-refractivity contribution in [3.05, 3.63) is 83.9 Å². The Labute approximate surface area is 219 Å². The van der Waals surface area contributed by atoms with E-state index in [4.69, 9.17) is 21.1 Å². The molecule has 0 spiro atoms. The standard InChI is InChI=1S/C26H19ClF2N6O3/c27-16-9-18(15-5-2-1-3-6-15)23(38-26(28)29)19(10-16)22-21(13-34(33-22)12-17-14-37-17)32-25(36)20-11-31-35-8-4-7-30-24(20)35/h1-11,13,17,26H,12,14H2,(H,32,36). The Bertz CT molecular complexity index is 1640. The second kappa shape index (κ2) is 9.84. The van der Waals surface area contributed by atoms with Crippen LogP contribution in [0.15, 0.2) is 73.3 Å². The Kier molecular flexibility index (Phi) is 6.22. The second-order valence-corrected chi connectivity index (χ2v) is 8.98. The molecule has 0 radical (unpaired) electrons. The third kappa shape index (κ3) is 4.81. The van der Waals surface area contributed by atoms with E-state index in [2.05, 4.69) is 20.5 Å². The highest BCUT2D eigenvalue weighted by Crippen LogP contribution is 2.44. The number of benzene rings is 2. The van der Waals surface area contributed by atoms with Crippen LogP contribution in [0.3, 0.4) is 0 Å². The first-order valence-corrected chi connectivity index (χ1v) is 12.0. The summed E-state index contributed by atoms with van der Waals surface area (Å²) >= 11 is 6.46. The van der Waals surface area contributed by atoms with E-state index in [-0.39, 0.29) is 39.4 Å². The molecule has 6 rings (SSSR count). The smallest absolute Gasteiger partial charge is 0.387 e. The van der Waals surface area contributed by atoms with E-state index in [0.29, 0.717) is 29.9 Å². The molecule has 1 unspecified atom stereocenters. The van der Waals surface area contributed by atoms with Crippen molar-refractivity contribution >= 4 is 28.8 Å². The summed E-state index contributed by atoms with van der Waals surface area (Å²) in [6.07, 6.45) is 6.22. The number of ether oxygens (including phenoxy) is 2. The molecule has 0 saturated carbocycles. The summed E-state index contributed by atoms with van der Waals surface area (Å²) < 4.78 is 40.7. The van der Waals surface area contributed by atoms with Gasteiger partial charge in [-0.15, -0.1) is 0 Å². The van der Waals surface area contributed by atoms with E-state index in [0.717, 1.165) is 0 Å². The molecule has 5 aromatic rings. The molecular formula is C26H19ClF2N6O3. The molecule has 0 bridgehead atoms. The van der Waals surface area contributed by atoms with Gasteiger partial charge in [-0.25, -0.2) is 9.50 Å². The van der Waals surface area contributed by atoms with Crippen LogP contribution >= 0.6 is 11.6 Å². The number of rotatable bonds is 8. The molecule has 1 atom stereocenters. The average Bonchev–Trinajstić information content (AvgIpc) is 3.47. The van der Waals surface area contributed by atoms with Crippen LogP contribution in [0.4, 0.5) is 14.5 Å². The van der Waals surface area contributed by atoms with Gasteiger partial charge in [-0.3, -0.25) is 9.48 Å². The minimum absolute atomic E-state index is 0.0221. The Morgan fingerprint density at radius 1 is 1.21 bits per heavy atom. The summed E-state index contributed by atoms with van der Waals surface area (Å²) in [5, 5.41) is 11.9. The minimum Gasteiger partial charge on any atom is -0.433 e. The lowest BCUT2D eigenvalue weighted by molar-refractivity contribution is -0.0490. The molecule has 1 saturated heterocycles. The number of epoxide rings is 1. The topological polar surface area (TPSA) is 98.9 Å². The first kappa shape index (κ1) is 24.0. The molecule has 1 fully saturated rings. The number of halogens is 3. The summed E-state index contributed by atoms with van der Waals surface area (Å²) in [6, 6.07) is 13.6. The van der Waals surface area contributed by atoms with Gasteiger partial charge >= 0.3 is 6.61 Å². The van der Waals surface area contributed by atoms with Crippen LogP contribution in [0.25, 0.3) is 28.0 Å². The maximum atomic E-state index is 13.7. The van der Waals surface area contributed by atoms with E-state index < -0.39 is 12.5 Å². The lowest BCUT2D eigenvalue weighted by atomic mass is 9.99. The Hall–Kier alpha value is -4.35. The number of hydrogen-bond acceptors (Lipinski definition) is 6. The average molecular weight is 537 g/mol. The molecule has 1 N–H and O–H groups in total. The molecule has 1 aliphatic heterocycles. The molecule has 2 aromatic carbocycles. The molecule has 192 valence electrons. The van der Waals surface area contributed by atoms with E-state index >= 15 is 0 Å². The van der Waals surface area contributed by atoms with Crippen molar-refractivity contribution in [1.29, 1.82) is 0 Å². The van der Waals surface area contributed by atoms with Crippen LogP contribution in [0.5, 0.6) is 5.75 Å². The summed E-state index contributed by atoms with van der Waals surface area (Å²) in [5.41, 5.74) is 2.25. The van der Waals surface area contributed by atoms with Crippen molar-refractivity contribution in [2.75, 3.05) is 11.9 Å². The van der Waals surface area contributed by atoms with Crippen molar-refractivity contribution in [1.82, 2.24) is 24.4 Å². The van der Waals surface area contributed by atoms with E-state index in [9.17, 15) is 13.6 Å². The maximum absolute atomic E-state index is 13.7. The molecule has 3 aromatic heterocycles. The van der Waals surface area contributed by atoms with Gasteiger partial charge in [0.2, 0.25) is 0 Å². The minimum atomic E-state index is -3.11. The highest BCUT2D eigenvalue weighted by molar-refractivity contribution is 6.31. The van der Waals surface area contributed by atoms with Crippen molar-refractivity contribution in [2.45, 2.75) is 19.3 Å². The van der Waals surface area contributed by atoms with Gasteiger partial charge in [-0.05, 0) is 23.8 Å². The predicted octanol–water partition coefficient (Wildman–Crippen LogP) is 5.17. The fraction of sp³-hybridized carbons (Fsp3) is 0.154. The van der Waals surface area contributed by atoms with Gasteiger partial charge < -0.3 is 14.8 Å². The normalized spacial score (nSPS) is 14.7. The van der Waals surface area contributed by atoms with E-state index in [1.165, 1.54) is 16.8 Å². The summed E-state index contributed by atoms with van der Waals surface area (Å²) in [6.45, 7) is -2.11. The number of amides is 1. The van der Waals surface area contributed by atoms with Gasteiger partial charge in [-0.2, -0.15) is 19.0 Å². The monoisotopic (exact) mass is 536 g/mol. The first-order valence-electron chi connectivity index (χ1n) is 11.6. The molecule has 38 heavy (non-hydrogen) atoms. The number of hydrogen-bond donors (Lipinski definition) is 1. The van der Waals surface area contributed by atoms with E-state index in [1.807, 2.05) is 6.07 Å². The Morgan fingerprint density at radius 2 is 2.00 bits per heavy atom. The summed E-state index contributed by atoms with van der Waals surface area (Å²) in [4.78, 5) is 17.5. The van der Waals surface area contributed by atoms with Gasteiger partial charge in [0.05, 0.1) is 25.0 Å². The lowest BCUT2D eigenvalue weighted by Crippen LogP contribution is -2.12. The van der Waals surface area contributed by atoms with Crippen molar-refractivity contribution < 1.29 is 23.0 Å². The fourth-order valence-corrected chi connectivity index (χ4v) is 4.40. The van der Waals surface area contributed by atoms with Crippen LogP contribution in [-0.4, -0.2) is 49.6 Å². The number of nitrogens with zero attached hydrogens (tertiary/aromatic N) is 5. The number of alkyl halides is 2. The Balaban J connectivity index is 1.47. The maximum Gasteiger partial charge on any atom is 0.387 e. The molecule has 1 aliphatic rings. The number of carbonyl (C=O) groups excluding carboxylic acids is 1. The predicted molar refractivity (Wildman–Crippen MR) is 135 cm³/mol. The third-order valence-electron chi connectivity index (χ3n) is 5.93. The van der Waals surface area contributed by atoms with Crippen LogP contribution in [0, 0.1) is 0 Å². The lowest BCUT2D eigenvalue weighted by Gasteiger charge is -2.16. The number of aromatic nitrogens is 5. The third-order valence-corrected chi connectivity index (χ3v) is 6.15. The zero-order valence-corrected chi connectivity index (χ0v) is 20.3. The second-order valence-electron chi connectivity index (χ2n) is 8.54. The number of nitrogens with one attached hydrogen (secondary N) is 1. The summed E-state index contributed by atoms with van der Waals surface area (Å²) in [5.74, 6) is -0.611. The van der Waals surface area contributed by atoms with Gasteiger partial charge in [0.25, 0.3) is 5.91 Å². The molecule has 0 aliphatic carbocycles. The number of anilines is 1.